The first-order valence-electron chi connectivity index (χ1n) is 10.3. The number of nitrogens with one attached hydrogen (secondary N) is 2. The molecular weight excluding hydrogens is 428 g/mol. The van der Waals surface area contributed by atoms with Gasteiger partial charge in [-0.3, -0.25) is 14.3 Å². The second-order valence-electron chi connectivity index (χ2n) is 7.65. The van der Waals surface area contributed by atoms with Crippen LogP contribution in [0.5, 0.6) is 0 Å². The van der Waals surface area contributed by atoms with Gasteiger partial charge in [-0.05, 0) is 42.3 Å². The standard InChI is InChI=1S/C24H23ClN4O3/c1-15-5-6-17(21-7-8-29(28-21)9-10-30)12-22(15)27-24(32)20-14-26-23(31)13-19(20)16-3-2-4-18(25)11-16/h2-8,11-12,14,19,30H,9-10,13H2,1H3,(H,26,31)(H,27,32)/t19-/m0/s1. The van der Waals surface area contributed by atoms with Crippen molar-refractivity contribution in [3.05, 3.63) is 82.7 Å². The Kier molecular flexibility index (Phi) is 6.39. The van der Waals surface area contributed by atoms with Gasteiger partial charge in [-0.15, -0.1) is 0 Å². The average molecular weight is 451 g/mol. The molecule has 2 aromatic carbocycles. The summed E-state index contributed by atoms with van der Waals surface area (Å²) in [7, 11) is 0. The smallest absolute Gasteiger partial charge is 0.253 e. The van der Waals surface area contributed by atoms with Crippen molar-refractivity contribution in [2.45, 2.75) is 25.8 Å². The molecule has 0 aliphatic carbocycles. The third-order valence-corrected chi connectivity index (χ3v) is 5.65. The number of hydrogen-bond donors (Lipinski definition) is 3. The molecule has 0 saturated heterocycles. The van der Waals surface area contributed by atoms with Gasteiger partial charge in [0.25, 0.3) is 5.91 Å². The second-order valence-corrected chi connectivity index (χ2v) is 8.09. The molecule has 7 nitrogen and oxygen atoms in total. The van der Waals surface area contributed by atoms with E-state index >= 15 is 0 Å². The zero-order valence-corrected chi connectivity index (χ0v) is 18.3. The van der Waals surface area contributed by atoms with E-state index < -0.39 is 0 Å². The quantitative estimate of drug-likeness (QED) is 0.534. The molecule has 0 radical (unpaired) electrons. The van der Waals surface area contributed by atoms with E-state index in [1.54, 1.807) is 23.0 Å². The molecule has 0 fully saturated rings. The van der Waals surface area contributed by atoms with Crippen molar-refractivity contribution < 1.29 is 14.7 Å². The predicted molar refractivity (Wildman–Crippen MR) is 123 cm³/mol. The fourth-order valence-corrected chi connectivity index (χ4v) is 3.91. The van der Waals surface area contributed by atoms with E-state index in [0.29, 0.717) is 22.8 Å². The maximum absolute atomic E-state index is 13.2. The lowest BCUT2D eigenvalue weighted by atomic mass is 9.86. The number of carbonyl (C=O) groups excluding carboxylic acids is 2. The lowest BCUT2D eigenvalue weighted by Gasteiger charge is -2.24. The van der Waals surface area contributed by atoms with E-state index in [9.17, 15) is 9.59 Å². The van der Waals surface area contributed by atoms with Crippen LogP contribution in [0, 0.1) is 6.92 Å². The number of aliphatic hydroxyl groups is 1. The summed E-state index contributed by atoms with van der Waals surface area (Å²) in [6.45, 7) is 2.34. The number of anilines is 1. The Morgan fingerprint density at radius 3 is 2.91 bits per heavy atom. The minimum absolute atomic E-state index is 0.00969. The molecule has 164 valence electrons. The van der Waals surface area contributed by atoms with Crippen molar-refractivity contribution >= 4 is 29.1 Å². The summed E-state index contributed by atoms with van der Waals surface area (Å²) in [5, 5.41) is 19.7. The number of hydrogen-bond acceptors (Lipinski definition) is 4. The summed E-state index contributed by atoms with van der Waals surface area (Å²) in [5.74, 6) is -0.829. The van der Waals surface area contributed by atoms with Gasteiger partial charge in [-0.1, -0.05) is 35.9 Å². The van der Waals surface area contributed by atoms with Gasteiger partial charge in [0.1, 0.15) is 0 Å². The first-order valence-corrected chi connectivity index (χ1v) is 10.6. The zero-order chi connectivity index (χ0) is 22.7. The van der Waals surface area contributed by atoms with Gasteiger partial charge >= 0.3 is 0 Å². The van der Waals surface area contributed by atoms with Crippen LogP contribution < -0.4 is 10.6 Å². The fourth-order valence-electron chi connectivity index (χ4n) is 3.71. The van der Waals surface area contributed by atoms with Crippen LogP contribution in [0.15, 0.2) is 66.5 Å². The van der Waals surface area contributed by atoms with Gasteiger partial charge in [-0.2, -0.15) is 5.10 Å². The van der Waals surface area contributed by atoms with Crippen LogP contribution in [0.4, 0.5) is 5.69 Å². The Labute approximate surface area is 190 Å². The SMILES string of the molecule is Cc1ccc(-c2ccn(CCO)n2)cc1NC(=O)C1=CNC(=O)C[C@H]1c1cccc(Cl)c1. The Balaban J connectivity index is 1.60. The van der Waals surface area contributed by atoms with Crippen LogP contribution >= 0.6 is 11.6 Å². The maximum Gasteiger partial charge on any atom is 0.253 e. The van der Waals surface area contributed by atoms with Gasteiger partial charge in [0.15, 0.2) is 0 Å². The van der Waals surface area contributed by atoms with Crippen molar-refractivity contribution in [2.75, 3.05) is 11.9 Å². The van der Waals surface area contributed by atoms with Gasteiger partial charge in [0.2, 0.25) is 5.91 Å². The highest BCUT2D eigenvalue weighted by Crippen LogP contribution is 2.33. The van der Waals surface area contributed by atoms with Crippen molar-refractivity contribution in [2.24, 2.45) is 0 Å². The summed E-state index contributed by atoms with van der Waals surface area (Å²) in [6.07, 6.45) is 3.44. The summed E-state index contributed by atoms with van der Waals surface area (Å²) in [4.78, 5) is 25.2. The number of rotatable bonds is 6. The number of nitrogens with zero attached hydrogens (tertiary/aromatic N) is 2. The summed E-state index contributed by atoms with van der Waals surface area (Å²) in [5.41, 5.74) is 4.43. The van der Waals surface area contributed by atoms with Crippen LogP contribution in [-0.4, -0.2) is 33.3 Å². The Morgan fingerprint density at radius 2 is 2.12 bits per heavy atom. The van der Waals surface area contributed by atoms with Crippen molar-refractivity contribution in [1.82, 2.24) is 15.1 Å². The number of amides is 2. The highest BCUT2D eigenvalue weighted by Gasteiger charge is 2.29. The van der Waals surface area contributed by atoms with Crippen LogP contribution in [0.2, 0.25) is 5.02 Å². The van der Waals surface area contributed by atoms with E-state index in [1.807, 2.05) is 43.3 Å². The molecule has 0 bridgehead atoms. The minimum Gasteiger partial charge on any atom is -0.394 e. The molecule has 0 spiro atoms. The number of aryl methyl sites for hydroxylation is 1. The Bertz CT molecular complexity index is 1200. The highest BCUT2D eigenvalue weighted by atomic mass is 35.5. The molecule has 3 N–H and O–H groups in total. The molecule has 0 saturated carbocycles. The predicted octanol–water partition coefficient (Wildman–Crippen LogP) is 3.63. The molecule has 8 heteroatoms. The van der Waals surface area contributed by atoms with E-state index in [4.69, 9.17) is 16.7 Å². The molecular formula is C24H23ClN4O3. The monoisotopic (exact) mass is 450 g/mol. The number of aliphatic hydroxyl groups excluding tert-OH is 1. The molecule has 1 aromatic heterocycles. The Morgan fingerprint density at radius 1 is 1.28 bits per heavy atom. The van der Waals surface area contributed by atoms with E-state index in [0.717, 1.165) is 22.4 Å². The molecule has 0 unspecified atom stereocenters. The number of halogens is 1. The van der Waals surface area contributed by atoms with E-state index in [2.05, 4.69) is 15.7 Å². The van der Waals surface area contributed by atoms with Gasteiger partial charge in [-0.25, -0.2) is 0 Å². The molecule has 1 aliphatic rings. The topological polar surface area (TPSA) is 96.2 Å². The van der Waals surface area contributed by atoms with Gasteiger partial charge in [0, 0.05) is 46.6 Å². The van der Waals surface area contributed by atoms with Crippen molar-refractivity contribution in [1.29, 1.82) is 0 Å². The third-order valence-electron chi connectivity index (χ3n) is 5.42. The fraction of sp³-hybridized carbons (Fsp3) is 0.208. The summed E-state index contributed by atoms with van der Waals surface area (Å²) < 4.78 is 1.67. The highest BCUT2D eigenvalue weighted by molar-refractivity contribution is 6.30. The second kappa shape index (κ2) is 9.38. The minimum atomic E-state index is -0.389. The molecule has 3 aromatic rings. The molecule has 1 aliphatic heterocycles. The van der Waals surface area contributed by atoms with Gasteiger partial charge in [0.05, 0.1) is 18.8 Å². The molecule has 1 atom stereocenters. The van der Waals surface area contributed by atoms with E-state index in [1.165, 1.54) is 6.20 Å². The number of aromatic nitrogens is 2. The van der Waals surface area contributed by atoms with Gasteiger partial charge < -0.3 is 15.7 Å². The Hall–Kier alpha value is -3.42. The van der Waals surface area contributed by atoms with Crippen LogP contribution in [-0.2, 0) is 16.1 Å². The third kappa shape index (κ3) is 4.74. The molecule has 2 amide bonds. The zero-order valence-electron chi connectivity index (χ0n) is 17.5. The number of benzene rings is 2. The van der Waals surface area contributed by atoms with E-state index in [-0.39, 0.29) is 30.8 Å². The van der Waals surface area contributed by atoms with Crippen LogP contribution in [0.3, 0.4) is 0 Å². The lowest BCUT2D eigenvalue weighted by Crippen LogP contribution is -2.32. The lowest BCUT2D eigenvalue weighted by molar-refractivity contribution is -0.121. The molecule has 4 rings (SSSR count). The first-order chi connectivity index (χ1) is 15.4. The van der Waals surface area contributed by atoms with Crippen LogP contribution in [0.1, 0.15) is 23.5 Å². The summed E-state index contributed by atoms with van der Waals surface area (Å²) in [6, 6.07) is 14.8. The first kappa shape index (κ1) is 21.8. The normalized spacial score (nSPS) is 15.8. The molecule has 2 heterocycles. The molecule has 32 heavy (non-hydrogen) atoms. The largest absolute Gasteiger partial charge is 0.394 e. The van der Waals surface area contributed by atoms with Crippen molar-refractivity contribution in [3.8, 4) is 11.3 Å². The van der Waals surface area contributed by atoms with Crippen molar-refractivity contribution in [3.63, 3.8) is 0 Å². The van der Waals surface area contributed by atoms with Crippen LogP contribution in [0.25, 0.3) is 11.3 Å². The maximum atomic E-state index is 13.2. The summed E-state index contributed by atoms with van der Waals surface area (Å²) >= 11 is 6.13. The number of carbonyl (C=O) groups is 2. The average Bonchev–Trinajstić information content (AvgIpc) is 3.24.